The summed E-state index contributed by atoms with van der Waals surface area (Å²) < 4.78 is 29.1. The van der Waals surface area contributed by atoms with Crippen molar-refractivity contribution in [3.63, 3.8) is 0 Å². The van der Waals surface area contributed by atoms with Gasteiger partial charge in [-0.05, 0) is 73.0 Å². The zero-order valence-corrected chi connectivity index (χ0v) is 27.7. The van der Waals surface area contributed by atoms with Crippen LogP contribution in [0.4, 0.5) is 21.9 Å². The predicted molar refractivity (Wildman–Crippen MR) is 183 cm³/mol. The fourth-order valence-corrected chi connectivity index (χ4v) is 5.98. The molecule has 0 aliphatic carbocycles. The highest BCUT2D eigenvalue weighted by Crippen LogP contribution is 2.29. The van der Waals surface area contributed by atoms with Gasteiger partial charge >= 0.3 is 6.03 Å². The number of ether oxygens (including phenoxy) is 1. The number of anilines is 3. The van der Waals surface area contributed by atoms with E-state index >= 15 is 0 Å². The second-order valence-electron chi connectivity index (χ2n) is 10.9. The Morgan fingerprint density at radius 2 is 1.67 bits per heavy atom. The van der Waals surface area contributed by atoms with E-state index in [-0.39, 0.29) is 35.3 Å². The number of para-hydroxylation sites is 1. The first-order valence-corrected chi connectivity index (χ1v) is 16.7. The number of nitrogens with zero attached hydrogens (tertiary/aromatic N) is 3. The molecule has 1 aromatic heterocycles. The van der Waals surface area contributed by atoms with Gasteiger partial charge < -0.3 is 15.4 Å². The summed E-state index contributed by atoms with van der Waals surface area (Å²) in [6.45, 7) is 3.69. The number of likely N-dealkylation sites (tertiary alicyclic amines) is 1. The summed E-state index contributed by atoms with van der Waals surface area (Å²) in [5.74, 6) is 0.664. The van der Waals surface area contributed by atoms with Gasteiger partial charge in [0.1, 0.15) is 5.75 Å². The molecule has 4 aromatic rings. The molecule has 2 N–H and O–H groups in total. The van der Waals surface area contributed by atoms with Crippen molar-refractivity contribution < 1.29 is 22.7 Å². The van der Waals surface area contributed by atoms with Crippen LogP contribution in [-0.2, 0) is 21.2 Å². The Morgan fingerprint density at radius 3 is 2.28 bits per heavy atom. The molecule has 1 saturated heterocycles. The number of pyridine rings is 1. The minimum absolute atomic E-state index is 0. The van der Waals surface area contributed by atoms with Crippen LogP contribution in [0.15, 0.2) is 96.0 Å². The summed E-state index contributed by atoms with van der Waals surface area (Å²) in [5, 5.41) is 6.05. The van der Waals surface area contributed by atoms with Gasteiger partial charge in [-0.25, -0.2) is 18.2 Å². The Balaban J connectivity index is 0.00000480. The third kappa shape index (κ3) is 9.20. The minimum atomic E-state index is -3.27. The van der Waals surface area contributed by atoms with Crippen LogP contribution in [0.2, 0.25) is 5.02 Å². The molecule has 0 saturated carbocycles. The molecule has 0 unspecified atom stereocenters. The fourth-order valence-electron chi connectivity index (χ4n) is 5.19. The van der Waals surface area contributed by atoms with E-state index in [0.717, 1.165) is 43.4 Å². The maximum atomic E-state index is 13.7. The highest BCUT2D eigenvalue weighted by molar-refractivity contribution is 7.90. The van der Waals surface area contributed by atoms with Gasteiger partial charge in [-0.2, -0.15) is 0 Å². The topological polar surface area (TPSA) is 121 Å². The number of hydrogen-bond donors (Lipinski definition) is 2. The van der Waals surface area contributed by atoms with Crippen LogP contribution in [0.25, 0.3) is 0 Å². The summed E-state index contributed by atoms with van der Waals surface area (Å²) in [4.78, 5) is 34.0. The van der Waals surface area contributed by atoms with Gasteiger partial charge in [0.15, 0.2) is 9.84 Å². The van der Waals surface area contributed by atoms with Crippen LogP contribution >= 0.6 is 24.0 Å². The second kappa shape index (κ2) is 15.4. The molecule has 5 rings (SSSR count). The van der Waals surface area contributed by atoms with Gasteiger partial charge in [-0.3, -0.25) is 14.6 Å². The molecule has 2 heterocycles. The van der Waals surface area contributed by atoms with Gasteiger partial charge in [0.2, 0.25) is 11.8 Å². The average molecular weight is 685 g/mol. The number of amides is 3. The molecule has 0 spiro atoms. The summed E-state index contributed by atoms with van der Waals surface area (Å²) in [6, 6.07) is 24.3. The lowest BCUT2D eigenvalue weighted by atomic mass is 10.0. The zero-order chi connectivity index (χ0) is 32.0. The minimum Gasteiger partial charge on any atom is -0.439 e. The first kappa shape index (κ1) is 34.7. The summed E-state index contributed by atoms with van der Waals surface area (Å²) in [6.07, 6.45) is 4.49. The van der Waals surface area contributed by atoms with E-state index in [9.17, 15) is 18.0 Å². The summed E-state index contributed by atoms with van der Waals surface area (Å²) in [5.41, 5.74) is 2.79. The lowest BCUT2D eigenvalue weighted by molar-refractivity contribution is -0.114. The SMILES string of the molecule is CC(=O)Nc1cc(NC(=O)N(c2ccccc2)C2CCN(Cc3ccc(Oc4ccc(S(C)(=O)=O)cc4)nc3)CC2)ccc1Cl.Cl. The number of sulfone groups is 1. The fraction of sp³-hybridized carbons (Fsp3) is 0.242. The standard InChI is InChI=1S/C33H34ClN5O5S.ClH/c1-23(40)36-31-20-25(9-14-30(31)34)37-33(41)39(26-6-4-3-5-7-26)27-16-18-38(19-17-27)22-24-8-15-32(35-21-24)44-28-10-12-29(13-11-28)45(2,42)43;/h3-15,20-21,27H,16-19,22H2,1-2H3,(H,36,40)(H,37,41);1H. The lowest BCUT2D eigenvalue weighted by Gasteiger charge is -2.38. The molecule has 242 valence electrons. The molecule has 3 aromatic carbocycles. The van der Waals surface area contributed by atoms with Gasteiger partial charge in [0.25, 0.3) is 0 Å². The number of benzene rings is 3. The number of aromatic nitrogens is 1. The first-order chi connectivity index (χ1) is 21.5. The van der Waals surface area contributed by atoms with Crippen molar-refractivity contribution in [2.24, 2.45) is 0 Å². The predicted octanol–water partition coefficient (Wildman–Crippen LogP) is 7.01. The normalized spacial score (nSPS) is 13.7. The molecule has 46 heavy (non-hydrogen) atoms. The molecule has 1 aliphatic heterocycles. The summed E-state index contributed by atoms with van der Waals surface area (Å²) in [7, 11) is -3.27. The number of rotatable bonds is 9. The van der Waals surface area contributed by atoms with Gasteiger partial charge in [-0.1, -0.05) is 35.9 Å². The maximum absolute atomic E-state index is 13.7. The Kier molecular flexibility index (Phi) is 11.6. The van der Waals surface area contributed by atoms with E-state index in [1.807, 2.05) is 36.4 Å². The molecular formula is C33H35Cl2N5O5S. The van der Waals surface area contributed by atoms with Crippen LogP contribution in [0.5, 0.6) is 11.6 Å². The van der Waals surface area contributed by atoms with E-state index in [2.05, 4.69) is 20.5 Å². The summed E-state index contributed by atoms with van der Waals surface area (Å²) >= 11 is 6.22. The van der Waals surface area contributed by atoms with Crippen LogP contribution in [0.1, 0.15) is 25.3 Å². The van der Waals surface area contributed by atoms with Crippen molar-refractivity contribution in [3.8, 4) is 11.6 Å². The van der Waals surface area contributed by atoms with Crippen LogP contribution < -0.4 is 20.3 Å². The Morgan fingerprint density at radius 1 is 0.978 bits per heavy atom. The largest absolute Gasteiger partial charge is 0.439 e. The van der Waals surface area contributed by atoms with Crippen LogP contribution in [0.3, 0.4) is 0 Å². The monoisotopic (exact) mass is 683 g/mol. The quantitative estimate of drug-likeness (QED) is 0.195. The van der Waals surface area contributed by atoms with Crippen molar-refractivity contribution in [2.75, 3.05) is 34.9 Å². The van der Waals surface area contributed by atoms with E-state index in [1.165, 1.54) is 19.1 Å². The lowest BCUT2D eigenvalue weighted by Crippen LogP contribution is -2.49. The molecule has 0 bridgehead atoms. The number of piperidine rings is 1. The molecule has 13 heteroatoms. The number of carbonyl (C=O) groups excluding carboxylic acids is 2. The first-order valence-electron chi connectivity index (χ1n) is 14.4. The Bertz CT molecular complexity index is 1750. The molecule has 1 fully saturated rings. The average Bonchev–Trinajstić information content (AvgIpc) is 3.01. The number of halogens is 2. The maximum Gasteiger partial charge on any atom is 0.326 e. The van der Waals surface area contributed by atoms with E-state index in [4.69, 9.17) is 16.3 Å². The van der Waals surface area contributed by atoms with Gasteiger partial charge in [-0.15, -0.1) is 12.4 Å². The third-order valence-corrected chi connectivity index (χ3v) is 8.84. The van der Waals surface area contributed by atoms with E-state index in [0.29, 0.717) is 34.6 Å². The van der Waals surface area contributed by atoms with Gasteiger partial charge in [0, 0.05) is 62.5 Å². The van der Waals surface area contributed by atoms with Crippen molar-refractivity contribution in [2.45, 2.75) is 37.2 Å². The van der Waals surface area contributed by atoms with Crippen LogP contribution in [0, 0.1) is 0 Å². The van der Waals surface area contributed by atoms with Crippen molar-refractivity contribution in [1.29, 1.82) is 0 Å². The third-order valence-electron chi connectivity index (χ3n) is 7.38. The molecule has 10 nitrogen and oxygen atoms in total. The number of carbonyl (C=O) groups is 2. The Labute approximate surface area is 280 Å². The van der Waals surface area contributed by atoms with Gasteiger partial charge in [0.05, 0.1) is 15.6 Å². The molecular weight excluding hydrogens is 649 g/mol. The molecule has 1 aliphatic rings. The number of nitrogens with one attached hydrogen (secondary N) is 2. The molecule has 0 radical (unpaired) electrons. The van der Waals surface area contributed by atoms with Crippen molar-refractivity contribution in [3.05, 3.63) is 102 Å². The van der Waals surface area contributed by atoms with E-state index < -0.39 is 9.84 Å². The zero-order valence-electron chi connectivity index (χ0n) is 25.4. The van der Waals surface area contributed by atoms with E-state index in [1.54, 1.807) is 47.5 Å². The van der Waals surface area contributed by atoms with Crippen molar-refractivity contribution >= 4 is 62.8 Å². The highest BCUT2D eigenvalue weighted by Gasteiger charge is 2.29. The number of urea groups is 1. The highest BCUT2D eigenvalue weighted by atomic mass is 35.5. The van der Waals surface area contributed by atoms with Crippen molar-refractivity contribution in [1.82, 2.24) is 9.88 Å². The number of hydrogen-bond acceptors (Lipinski definition) is 7. The Hall–Kier alpha value is -4.16. The van der Waals surface area contributed by atoms with Crippen LogP contribution in [-0.4, -0.2) is 55.6 Å². The smallest absolute Gasteiger partial charge is 0.326 e. The molecule has 3 amide bonds. The molecule has 0 atom stereocenters. The second-order valence-corrected chi connectivity index (χ2v) is 13.3.